The maximum Gasteiger partial charge on any atom is 0.275 e. The van der Waals surface area contributed by atoms with Crippen molar-refractivity contribution in [1.82, 2.24) is 10.4 Å². The van der Waals surface area contributed by atoms with Crippen molar-refractivity contribution in [3.05, 3.63) is 28.1 Å². The topological polar surface area (TPSA) is 104 Å². The number of amidine groups is 1. The molecule has 1 aliphatic heterocycles. The van der Waals surface area contributed by atoms with E-state index in [9.17, 15) is 4.79 Å². The molecule has 6 heteroatoms. The highest BCUT2D eigenvalue weighted by Crippen LogP contribution is 2.21. The number of aryl methyl sites for hydroxylation is 1. The lowest BCUT2D eigenvalue weighted by Crippen LogP contribution is -2.17. The number of hydrazone groups is 1. The minimum absolute atomic E-state index is 0.0969. The van der Waals surface area contributed by atoms with Crippen LogP contribution in [0.25, 0.3) is 6.08 Å². The number of nitrogens with two attached hydrogens (primary N) is 1. The van der Waals surface area contributed by atoms with Crippen LogP contribution in [0, 0.1) is 13.8 Å². The molecule has 0 saturated heterocycles. The van der Waals surface area contributed by atoms with E-state index in [4.69, 9.17) is 10.8 Å². The van der Waals surface area contributed by atoms with Gasteiger partial charge in [-0.3, -0.25) is 4.79 Å². The first kappa shape index (κ1) is 12.4. The zero-order chi connectivity index (χ0) is 13.3. The number of aliphatic hydroxyl groups excluding tert-OH is 1. The second-order valence-electron chi connectivity index (χ2n) is 4.24. The molecular weight excluding hydrogens is 232 g/mol. The van der Waals surface area contributed by atoms with Gasteiger partial charge >= 0.3 is 0 Å². The average Bonchev–Trinajstić information content (AvgIpc) is 2.77. The van der Waals surface area contributed by atoms with Crippen molar-refractivity contribution in [2.75, 3.05) is 6.61 Å². The molecule has 0 fully saturated rings. The lowest BCUT2D eigenvalue weighted by atomic mass is 10.1. The number of rotatable bonds is 3. The van der Waals surface area contributed by atoms with Crippen LogP contribution in [-0.4, -0.2) is 28.4 Å². The molecule has 2 heterocycles. The number of amides is 1. The van der Waals surface area contributed by atoms with E-state index < -0.39 is 0 Å². The van der Waals surface area contributed by atoms with Crippen molar-refractivity contribution in [3.63, 3.8) is 0 Å². The Labute approximate surface area is 105 Å². The second-order valence-corrected chi connectivity index (χ2v) is 4.24. The summed E-state index contributed by atoms with van der Waals surface area (Å²) in [6.45, 7) is 3.98. The molecule has 0 radical (unpaired) electrons. The molecule has 1 aromatic heterocycles. The normalized spacial score (nSPS) is 17.2. The molecule has 2 rings (SSSR count). The molecule has 0 aromatic carbocycles. The Bertz CT molecular complexity index is 555. The smallest absolute Gasteiger partial charge is 0.275 e. The van der Waals surface area contributed by atoms with Crippen LogP contribution in [0.4, 0.5) is 0 Å². The fraction of sp³-hybridized carbons (Fsp3) is 0.333. The molecule has 0 atom stereocenters. The third kappa shape index (κ3) is 2.02. The maximum absolute atomic E-state index is 11.5. The van der Waals surface area contributed by atoms with Crippen LogP contribution in [0.1, 0.15) is 22.5 Å². The Morgan fingerprint density at radius 2 is 2.17 bits per heavy atom. The molecule has 96 valence electrons. The number of aromatic nitrogens is 1. The SMILES string of the molecule is Cc1[nH]c(/C=C2\C(=O)NN=C2N)c(C)c1CCO. The van der Waals surface area contributed by atoms with Crippen molar-refractivity contribution in [2.24, 2.45) is 10.8 Å². The molecule has 0 bridgehead atoms. The molecule has 5 N–H and O–H groups in total. The van der Waals surface area contributed by atoms with Crippen LogP contribution in [0.3, 0.4) is 0 Å². The Balaban J connectivity index is 2.41. The quantitative estimate of drug-likeness (QED) is 0.564. The summed E-state index contributed by atoms with van der Waals surface area (Å²) in [5.41, 5.74) is 12.2. The first-order valence-electron chi connectivity index (χ1n) is 5.69. The Kier molecular flexibility index (Phi) is 3.20. The van der Waals surface area contributed by atoms with Crippen LogP contribution in [0.5, 0.6) is 0 Å². The molecule has 0 saturated carbocycles. The summed E-state index contributed by atoms with van der Waals surface area (Å²) in [7, 11) is 0. The standard InChI is InChI=1S/C12H16N4O2/c1-6-8(3-4-17)7(2)14-10(6)5-9-11(13)15-16-12(9)18/h5,14,17H,3-4H2,1-2H3,(H2,13,15)(H,16,18)/b9-5-. The molecule has 18 heavy (non-hydrogen) atoms. The number of aromatic amines is 1. The van der Waals surface area contributed by atoms with Crippen molar-refractivity contribution in [1.29, 1.82) is 0 Å². The van der Waals surface area contributed by atoms with Crippen LogP contribution < -0.4 is 11.2 Å². The second kappa shape index (κ2) is 4.66. The van der Waals surface area contributed by atoms with Crippen LogP contribution in [-0.2, 0) is 11.2 Å². The van der Waals surface area contributed by atoms with Crippen LogP contribution in [0.2, 0.25) is 0 Å². The van der Waals surface area contributed by atoms with E-state index in [-0.39, 0.29) is 18.3 Å². The number of carbonyl (C=O) groups excluding carboxylic acids is 1. The van der Waals surface area contributed by atoms with Gasteiger partial charge in [-0.1, -0.05) is 0 Å². The van der Waals surface area contributed by atoms with E-state index in [0.717, 1.165) is 22.5 Å². The van der Waals surface area contributed by atoms with Gasteiger partial charge in [-0.2, -0.15) is 5.10 Å². The van der Waals surface area contributed by atoms with E-state index in [1.807, 2.05) is 13.8 Å². The fourth-order valence-electron chi connectivity index (χ4n) is 2.08. The maximum atomic E-state index is 11.5. The predicted molar refractivity (Wildman–Crippen MR) is 68.8 cm³/mol. The number of hydrogen-bond donors (Lipinski definition) is 4. The van der Waals surface area contributed by atoms with Gasteiger partial charge in [0.15, 0.2) is 5.84 Å². The van der Waals surface area contributed by atoms with Gasteiger partial charge in [0, 0.05) is 18.0 Å². The van der Waals surface area contributed by atoms with Gasteiger partial charge in [-0.15, -0.1) is 0 Å². The Hall–Kier alpha value is -2.08. The van der Waals surface area contributed by atoms with Crippen LogP contribution >= 0.6 is 0 Å². The molecule has 1 aliphatic rings. The molecule has 0 unspecified atom stereocenters. The number of H-pyrrole nitrogens is 1. The van der Waals surface area contributed by atoms with E-state index in [1.54, 1.807) is 6.08 Å². The van der Waals surface area contributed by atoms with Gasteiger partial charge in [0.05, 0.1) is 5.57 Å². The number of aliphatic hydroxyl groups is 1. The van der Waals surface area contributed by atoms with Gasteiger partial charge in [0.1, 0.15) is 0 Å². The number of nitrogens with one attached hydrogen (secondary N) is 2. The third-order valence-corrected chi connectivity index (χ3v) is 3.08. The Morgan fingerprint density at radius 3 is 2.72 bits per heavy atom. The molecule has 0 spiro atoms. The highest BCUT2D eigenvalue weighted by molar-refractivity contribution is 6.26. The predicted octanol–water partition coefficient (Wildman–Crippen LogP) is -0.0483. The van der Waals surface area contributed by atoms with Gasteiger partial charge in [-0.25, -0.2) is 5.43 Å². The van der Waals surface area contributed by atoms with Crippen molar-refractivity contribution >= 4 is 17.8 Å². The summed E-state index contributed by atoms with van der Waals surface area (Å²) in [5.74, 6) is -0.113. The van der Waals surface area contributed by atoms with E-state index >= 15 is 0 Å². The minimum atomic E-state index is -0.303. The lowest BCUT2D eigenvalue weighted by Gasteiger charge is -1.99. The summed E-state index contributed by atoms with van der Waals surface area (Å²) in [4.78, 5) is 14.7. The zero-order valence-corrected chi connectivity index (χ0v) is 10.4. The minimum Gasteiger partial charge on any atom is -0.396 e. The van der Waals surface area contributed by atoms with E-state index in [0.29, 0.717) is 12.0 Å². The molecule has 1 amide bonds. The summed E-state index contributed by atoms with van der Waals surface area (Å²) in [5, 5.41) is 12.7. The summed E-state index contributed by atoms with van der Waals surface area (Å²) < 4.78 is 0. The molecular formula is C12H16N4O2. The van der Waals surface area contributed by atoms with Crippen molar-refractivity contribution in [3.8, 4) is 0 Å². The molecule has 0 aliphatic carbocycles. The zero-order valence-electron chi connectivity index (χ0n) is 10.4. The summed E-state index contributed by atoms with van der Waals surface area (Å²) in [6.07, 6.45) is 2.28. The number of carbonyl (C=O) groups is 1. The van der Waals surface area contributed by atoms with Crippen molar-refractivity contribution < 1.29 is 9.90 Å². The lowest BCUT2D eigenvalue weighted by molar-refractivity contribution is -0.116. The molecule has 6 nitrogen and oxygen atoms in total. The van der Waals surface area contributed by atoms with Gasteiger partial charge < -0.3 is 15.8 Å². The molecule has 1 aromatic rings. The highest BCUT2D eigenvalue weighted by Gasteiger charge is 2.21. The van der Waals surface area contributed by atoms with E-state index in [1.165, 1.54) is 0 Å². The average molecular weight is 248 g/mol. The van der Waals surface area contributed by atoms with Crippen molar-refractivity contribution in [2.45, 2.75) is 20.3 Å². The first-order valence-corrected chi connectivity index (χ1v) is 5.69. The van der Waals surface area contributed by atoms with Gasteiger partial charge in [0.25, 0.3) is 5.91 Å². The largest absolute Gasteiger partial charge is 0.396 e. The third-order valence-electron chi connectivity index (χ3n) is 3.08. The van der Waals surface area contributed by atoms with Crippen LogP contribution in [0.15, 0.2) is 10.7 Å². The summed E-state index contributed by atoms with van der Waals surface area (Å²) in [6, 6.07) is 0. The Morgan fingerprint density at radius 1 is 1.44 bits per heavy atom. The van der Waals surface area contributed by atoms with E-state index in [2.05, 4.69) is 15.5 Å². The number of hydrogen-bond acceptors (Lipinski definition) is 4. The number of nitrogens with zero attached hydrogens (tertiary/aromatic N) is 1. The van der Waals surface area contributed by atoms with Gasteiger partial charge in [0.2, 0.25) is 0 Å². The first-order chi connectivity index (χ1) is 8.54. The highest BCUT2D eigenvalue weighted by atomic mass is 16.3. The van der Waals surface area contributed by atoms with Gasteiger partial charge in [-0.05, 0) is 37.5 Å². The monoisotopic (exact) mass is 248 g/mol. The summed E-state index contributed by atoms with van der Waals surface area (Å²) >= 11 is 0. The fourth-order valence-corrected chi connectivity index (χ4v) is 2.08.